The summed E-state index contributed by atoms with van der Waals surface area (Å²) < 4.78 is 12.9. The number of rotatable bonds is 2. The Bertz CT molecular complexity index is 740. The topological polar surface area (TPSA) is 33.1 Å². The van der Waals surface area contributed by atoms with Crippen molar-refractivity contribution in [2.24, 2.45) is 0 Å². The van der Waals surface area contributed by atoms with Gasteiger partial charge in [0.25, 0.3) is 0 Å². The maximum absolute atomic E-state index is 12.9. The number of pyridine rings is 1. The van der Waals surface area contributed by atoms with Crippen LogP contribution in [-0.2, 0) is 6.42 Å². The van der Waals surface area contributed by atoms with Gasteiger partial charge in [0.05, 0.1) is 5.52 Å². The second-order valence-corrected chi connectivity index (χ2v) is 4.45. The first-order chi connectivity index (χ1) is 9.22. The first-order valence-electron chi connectivity index (χ1n) is 6.04. The molecule has 0 amide bonds. The van der Waals surface area contributed by atoms with Crippen molar-refractivity contribution in [1.82, 2.24) is 4.98 Å². The fourth-order valence-electron chi connectivity index (χ4n) is 2.09. The lowest BCUT2D eigenvalue weighted by Gasteiger charge is -2.05. The number of hydrogen-bond acceptors (Lipinski definition) is 2. The normalized spacial score (nSPS) is 10.8. The Morgan fingerprint density at radius 3 is 2.68 bits per heavy atom. The van der Waals surface area contributed by atoms with E-state index in [1.807, 2.05) is 36.4 Å². The van der Waals surface area contributed by atoms with Crippen LogP contribution in [0.4, 0.5) is 4.39 Å². The summed E-state index contributed by atoms with van der Waals surface area (Å²) in [6.45, 7) is 0. The van der Waals surface area contributed by atoms with Gasteiger partial charge >= 0.3 is 0 Å². The lowest BCUT2D eigenvalue weighted by Crippen LogP contribution is -1.93. The number of para-hydroxylation sites is 1. The van der Waals surface area contributed by atoms with Crippen molar-refractivity contribution in [2.75, 3.05) is 0 Å². The number of halogens is 1. The van der Waals surface area contributed by atoms with Gasteiger partial charge in [0.1, 0.15) is 11.6 Å². The van der Waals surface area contributed by atoms with Gasteiger partial charge < -0.3 is 5.11 Å². The van der Waals surface area contributed by atoms with Gasteiger partial charge in [-0.15, -0.1) is 0 Å². The van der Waals surface area contributed by atoms with E-state index in [1.54, 1.807) is 6.07 Å². The Morgan fingerprint density at radius 1 is 1.00 bits per heavy atom. The van der Waals surface area contributed by atoms with Gasteiger partial charge in [0.15, 0.2) is 0 Å². The zero-order chi connectivity index (χ0) is 13.2. The minimum absolute atomic E-state index is 0.0324. The van der Waals surface area contributed by atoms with Crippen LogP contribution in [0.5, 0.6) is 5.75 Å². The van der Waals surface area contributed by atoms with Crippen LogP contribution in [0, 0.1) is 5.82 Å². The highest BCUT2D eigenvalue weighted by atomic mass is 19.1. The molecule has 3 aromatic rings. The van der Waals surface area contributed by atoms with Crippen molar-refractivity contribution < 1.29 is 9.50 Å². The minimum Gasteiger partial charge on any atom is -0.508 e. The molecule has 0 aliphatic heterocycles. The van der Waals surface area contributed by atoms with Crippen LogP contribution in [-0.4, -0.2) is 10.1 Å². The van der Waals surface area contributed by atoms with Gasteiger partial charge in [-0.3, -0.25) is 4.98 Å². The number of aromatic nitrogens is 1. The van der Waals surface area contributed by atoms with E-state index in [4.69, 9.17) is 0 Å². The standard InChI is InChI=1S/C16H12FNO/c17-13-7-5-12(16(19)10-13)9-14-8-6-11-3-1-2-4-15(11)18-14/h1-8,10,19H,9H2. The summed E-state index contributed by atoms with van der Waals surface area (Å²) in [4.78, 5) is 4.53. The van der Waals surface area contributed by atoms with Gasteiger partial charge in [0, 0.05) is 29.1 Å². The van der Waals surface area contributed by atoms with Gasteiger partial charge in [-0.1, -0.05) is 30.3 Å². The molecule has 0 spiro atoms. The Balaban J connectivity index is 1.96. The van der Waals surface area contributed by atoms with Crippen LogP contribution in [0.25, 0.3) is 10.9 Å². The molecule has 3 rings (SSSR count). The summed E-state index contributed by atoms with van der Waals surface area (Å²) in [6.07, 6.45) is 0.483. The van der Waals surface area contributed by atoms with E-state index >= 15 is 0 Å². The van der Waals surface area contributed by atoms with Crippen LogP contribution in [0.1, 0.15) is 11.3 Å². The zero-order valence-electron chi connectivity index (χ0n) is 10.2. The molecule has 2 aromatic carbocycles. The maximum Gasteiger partial charge on any atom is 0.126 e. The molecule has 0 atom stereocenters. The van der Waals surface area contributed by atoms with Crippen molar-refractivity contribution in [3.8, 4) is 5.75 Å². The smallest absolute Gasteiger partial charge is 0.126 e. The molecule has 3 heteroatoms. The SMILES string of the molecule is Oc1cc(F)ccc1Cc1ccc2ccccc2n1. The molecule has 19 heavy (non-hydrogen) atoms. The number of nitrogens with zero attached hydrogens (tertiary/aromatic N) is 1. The Labute approximate surface area is 110 Å². The Morgan fingerprint density at radius 2 is 1.84 bits per heavy atom. The molecular formula is C16H12FNO. The predicted octanol–water partition coefficient (Wildman–Crippen LogP) is 3.67. The monoisotopic (exact) mass is 253 g/mol. The lowest BCUT2D eigenvalue weighted by atomic mass is 10.1. The highest BCUT2D eigenvalue weighted by Crippen LogP contribution is 2.21. The van der Waals surface area contributed by atoms with E-state index in [-0.39, 0.29) is 5.75 Å². The molecule has 0 saturated carbocycles. The second-order valence-electron chi connectivity index (χ2n) is 4.45. The highest BCUT2D eigenvalue weighted by Gasteiger charge is 2.05. The average molecular weight is 253 g/mol. The van der Waals surface area contributed by atoms with Crippen molar-refractivity contribution in [3.05, 3.63) is 71.7 Å². The molecule has 1 N–H and O–H groups in total. The molecule has 0 fully saturated rings. The van der Waals surface area contributed by atoms with Crippen molar-refractivity contribution >= 4 is 10.9 Å². The first-order valence-corrected chi connectivity index (χ1v) is 6.04. The van der Waals surface area contributed by atoms with E-state index in [9.17, 15) is 9.50 Å². The fourth-order valence-corrected chi connectivity index (χ4v) is 2.09. The molecule has 0 aliphatic rings. The summed E-state index contributed by atoms with van der Waals surface area (Å²) >= 11 is 0. The van der Waals surface area contributed by atoms with Crippen LogP contribution in [0.2, 0.25) is 0 Å². The molecule has 0 unspecified atom stereocenters. The third-order valence-corrected chi connectivity index (χ3v) is 3.08. The van der Waals surface area contributed by atoms with Gasteiger partial charge in [-0.05, 0) is 18.2 Å². The number of benzene rings is 2. The van der Waals surface area contributed by atoms with Crippen LogP contribution < -0.4 is 0 Å². The second kappa shape index (κ2) is 4.69. The molecule has 0 aliphatic carbocycles. The van der Waals surface area contributed by atoms with Crippen molar-refractivity contribution in [3.63, 3.8) is 0 Å². The van der Waals surface area contributed by atoms with E-state index in [0.29, 0.717) is 12.0 Å². The molecule has 0 saturated heterocycles. The van der Waals surface area contributed by atoms with Crippen LogP contribution >= 0.6 is 0 Å². The van der Waals surface area contributed by atoms with Gasteiger partial charge in [0.2, 0.25) is 0 Å². The molecule has 94 valence electrons. The third kappa shape index (κ3) is 2.40. The summed E-state index contributed by atoms with van der Waals surface area (Å²) in [5.74, 6) is -0.470. The number of phenolic OH excluding ortho intramolecular Hbond substituents is 1. The number of aromatic hydroxyl groups is 1. The van der Waals surface area contributed by atoms with E-state index in [2.05, 4.69) is 4.98 Å². The molecule has 0 bridgehead atoms. The van der Waals surface area contributed by atoms with Crippen LogP contribution in [0.3, 0.4) is 0 Å². The summed E-state index contributed by atoms with van der Waals surface area (Å²) in [5.41, 5.74) is 2.44. The number of fused-ring (bicyclic) bond motifs is 1. The summed E-state index contributed by atoms with van der Waals surface area (Å²) in [5, 5.41) is 10.8. The van der Waals surface area contributed by atoms with Crippen molar-refractivity contribution in [1.29, 1.82) is 0 Å². The first kappa shape index (κ1) is 11.7. The predicted molar refractivity (Wildman–Crippen MR) is 72.6 cm³/mol. The Hall–Kier alpha value is -2.42. The summed E-state index contributed by atoms with van der Waals surface area (Å²) in [6, 6.07) is 15.8. The number of hydrogen-bond donors (Lipinski definition) is 1. The van der Waals surface area contributed by atoms with Crippen molar-refractivity contribution in [2.45, 2.75) is 6.42 Å². The van der Waals surface area contributed by atoms with E-state index < -0.39 is 5.82 Å². The molecule has 1 aromatic heterocycles. The number of phenols is 1. The summed E-state index contributed by atoms with van der Waals surface area (Å²) in [7, 11) is 0. The molecule has 2 nitrogen and oxygen atoms in total. The minimum atomic E-state index is -0.437. The van der Waals surface area contributed by atoms with E-state index in [0.717, 1.165) is 22.7 Å². The fraction of sp³-hybridized carbons (Fsp3) is 0.0625. The Kier molecular flexibility index (Phi) is 2.88. The largest absolute Gasteiger partial charge is 0.508 e. The quantitative estimate of drug-likeness (QED) is 0.756. The molecule has 1 heterocycles. The third-order valence-electron chi connectivity index (χ3n) is 3.08. The highest BCUT2D eigenvalue weighted by molar-refractivity contribution is 5.78. The molecule has 0 radical (unpaired) electrons. The van der Waals surface area contributed by atoms with Gasteiger partial charge in [-0.2, -0.15) is 0 Å². The molecular weight excluding hydrogens is 241 g/mol. The van der Waals surface area contributed by atoms with Crippen LogP contribution in [0.15, 0.2) is 54.6 Å². The average Bonchev–Trinajstić information content (AvgIpc) is 2.42. The lowest BCUT2D eigenvalue weighted by molar-refractivity contribution is 0.463. The zero-order valence-corrected chi connectivity index (χ0v) is 10.2. The van der Waals surface area contributed by atoms with E-state index in [1.165, 1.54) is 6.07 Å². The maximum atomic E-state index is 12.9. The van der Waals surface area contributed by atoms with Gasteiger partial charge in [-0.25, -0.2) is 4.39 Å².